The van der Waals surface area contributed by atoms with Gasteiger partial charge in [-0.05, 0) is 56.2 Å². The second-order valence-electron chi connectivity index (χ2n) is 7.96. The number of carbonyl (C=O) groups is 1. The molecule has 0 saturated carbocycles. The van der Waals surface area contributed by atoms with Crippen molar-refractivity contribution in [2.45, 2.75) is 26.4 Å². The van der Waals surface area contributed by atoms with Crippen LogP contribution in [0.5, 0.6) is 0 Å². The fraction of sp³-hybridized carbons (Fsp3) is 0.261. The van der Waals surface area contributed by atoms with E-state index in [9.17, 15) is 4.79 Å². The predicted octanol–water partition coefficient (Wildman–Crippen LogP) is 4.82. The Bertz CT molecular complexity index is 1290. The Hall–Kier alpha value is -3.81. The Morgan fingerprint density at radius 2 is 2.16 bits per heavy atom. The lowest BCUT2D eigenvalue weighted by Crippen LogP contribution is -2.36. The number of fused-ring (bicyclic) bond motifs is 2. The van der Waals surface area contributed by atoms with E-state index >= 15 is 0 Å². The van der Waals surface area contributed by atoms with Crippen LogP contribution in [0.4, 0.5) is 16.2 Å². The van der Waals surface area contributed by atoms with Gasteiger partial charge in [-0.15, -0.1) is 0 Å². The minimum absolute atomic E-state index is 0.113. The summed E-state index contributed by atoms with van der Waals surface area (Å²) in [5.74, 6) is 0. The topological polar surface area (TPSA) is 98.9 Å². The summed E-state index contributed by atoms with van der Waals surface area (Å²) in [6.07, 6.45) is 6.07. The minimum Gasteiger partial charge on any atom is -0.447 e. The van der Waals surface area contributed by atoms with Gasteiger partial charge < -0.3 is 19.9 Å². The number of amides is 1. The van der Waals surface area contributed by atoms with Gasteiger partial charge in [0.1, 0.15) is 5.65 Å². The summed E-state index contributed by atoms with van der Waals surface area (Å²) < 4.78 is 5.30. The van der Waals surface area contributed by atoms with Gasteiger partial charge in [-0.3, -0.25) is 5.10 Å². The molecule has 4 aromatic rings. The number of carbonyl (C=O) groups excluding carboxylic acids is 1. The van der Waals surface area contributed by atoms with E-state index in [0.29, 0.717) is 13.1 Å². The second kappa shape index (κ2) is 7.79. The number of aromatic nitrogens is 4. The summed E-state index contributed by atoms with van der Waals surface area (Å²) in [6.45, 7) is 4.90. The highest BCUT2D eigenvalue weighted by molar-refractivity contribution is 5.95. The van der Waals surface area contributed by atoms with Gasteiger partial charge in [-0.1, -0.05) is 6.08 Å². The molecule has 1 amide bonds. The van der Waals surface area contributed by atoms with Crippen LogP contribution in [0.1, 0.15) is 26.0 Å². The van der Waals surface area contributed by atoms with E-state index in [1.807, 2.05) is 38.2 Å². The quantitative estimate of drug-likeness (QED) is 0.443. The fourth-order valence-electron chi connectivity index (χ4n) is 3.84. The first-order chi connectivity index (χ1) is 15.1. The molecule has 0 fully saturated rings. The Labute approximate surface area is 179 Å². The average Bonchev–Trinajstić information content (AvgIpc) is 3.40. The number of aromatic amines is 2. The summed E-state index contributed by atoms with van der Waals surface area (Å²) in [4.78, 5) is 21.8. The maximum atomic E-state index is 12.1. The number of rotatable bonds is 4. The molecule has 0 unspecified atom stereocenters. The molecule has 8 heteroatoms. The van der Waals surface area contributed by atoms with Gasteiger partial charge in [0.2, 0.25) is 0 Å². The summed E-state index contributed by atoms with van der Waals surface area (Å²) in [7, 11) is 0. The van der Waals surface area contributed by atoms with E-state index in [1.54, 1.807) is 11.1 Å². The minimum atomic E-state index is -0.260. The molecule has 1 aromatic carbocycles. The van der Waals surface area contributed by atoms with Crippen molar-refractivity contribution in [2.75, 3.05) is 18.4 Å². The number of pyridine rings is 1. The fourth-order valence-corrected chi connectivity index (χ4v) is 3.84. The van der Waals surface area contributed by atoms with Crippen molar-refractivity contribution >= 4 is 45.0 Å². The standard InChI is InChI=1S/C23H24N6O2/c1-14(2)31-23(30)29-9-6-15(7-10-29)21-12-18-20(5-8-24-22(18)27-21)26-17-3-4-19-16(11-17)13-25-28-19/h3-6,8,11-14H,7,9-10H2,1-2H3,(H,25,28)(H2,24,26,27). The van der Waals surface area contributed by atoms with Gasteiger partial charge in [0.25, 0.3) is 0 Å². The van der Waals surface area contributed by atoms with Gasteiger partial charge in [-0.2, -0.15) is 5.10 Å². The van der Waals surface area contributed by atoms with Crippen LogP contribution in [0.15, 0.2) is 48.8 Å². The van der Waals surface area contributed by atoms with Gasteiger partial charge in [0, 0.05) is 41.4 Å². The lowest BCUT2D eigenvalue weighted by molar-refractivity contribution is 0.0799. The predicted molar refractivity (Wildman–Crippen MR) is 121 cm³/mol. The molecule has 0 radical (unpaired) electrons. The van der Waals surface area contributed by atoms with Crippen molar-refractivity contribution in [3.8, 4) is 0 Å². The lowest BCUT2D eigenvalue weighted by Gasteiger charge is -2.26. The molecule has 4 heterocycles. The number of hydrogen-bond donors (Lipinski definition) is 3. The Morgan fingerprint density at radius 3 is 2.97 bits per heavy atom. The molecule has 0 saturated heterocycles. The average molecular weight is 416 g/mol. The molecule has 0 aliphatic carbocycles. The number of H-pyrrole nitrogens is 2. The molecule has 1 aliphatic heterocycles. The van der Waals surface area contributed by atoms with Crippen molar-refractivity contribution in [3.63, 3.8) is 0 Å². The third-order valence-corrected chi connectivity index (χ3v) is 5.40. The molecule has 0 spiro atoms. The van der Waals surface area contributed by atoms with Crippen LogP contribution >= 0.6 is 0 Å². The second-order valence-corrected chi connectivity index (χ2v) is 7.96. The van der Waals surface area contributed by atoms with Crippen LogP contribution in [0.25, 0.3) is 27.5 Å². The zero-order chi connectivity index (χ0) is 21.4. The van der Waals surface area contributed by atoms with E-state index in [4.69, 9.17) is 4.74 Å². The smallest absolute Gasteiger partial charge is 0.410 e. The van der Waals surface area contributed by atoms with Crippen molar-refractivity contribution in [3.05, 3.63) is 54.5 Å². The summed E-state index contributed by atoms with van der Waals surface area (Å²) in [6, 6.07) is 10.2. The number of anilines is 2. The molecule has 158 valence electrons. The first kappa shape index (κ1) is 19.2. The normalized spacial score (nSPS) is 14.3. The van der Waals surface area contributed by atoms with Crippen LogP contribution < -0.4 is 5.32 Å². The number of ether oxygens (including phenoxy) is 1. The summed E-state index contributed by atoms with van der Waals surface area (Å²) in [5.41, 5.74) is 6.00. The van der Waals surface area contributed by atoms with Crippen LogP contribution in [-0.4, -0.2) is 50.4 Å². The van der Waals surface area contributed by atoms with Crippen molar-refractivity contribution < 1.29 is 9.53 Å². The monoisotopic (exact) mass is 416 g/mol. The van der Waals surface area contributed by atoms with Crippen LogP contribution in [0, 0.1) is 0 Å². The third kappa shape index (κ3) is 3.84. The summed E-state index contributed by atoms with van der Waals surface area (Å²) >= 11 is 0. The van der Waals surface area contributed by atoms with E-state index in [1.165, 1.54) is 5.57 Å². The van der Waals surface area contributed by atoms with Crippen molar-refractivity contribution in [1.82, 2.24) is 25.1 Å². The van der Waals surface area contributed by atoms with Crippen LogP contribution in [-0.2, 0) is 4.74 Å². The summed E-state index contributed by atoms with van der Waals surface area (Å²) in [5, 5.41) is 12.6. The van der Waals surface area contributed by atoms with Crippen LogP contribution in [0.3, 0.4) is 0 Å². The lowest BCUT2D eigenvalue weighted by atomic mass is 10.0. The van der Waals surface area contributed by atoms with Crippen molar-refractivity contribution in [1.29, 1.82) is 0 Å². The van der Waals surface area contributed by atoms with Crippen LogP contribution in [0.2, 0.25) is 0 Å². The zero-order valence-corrected chi connectivity index (χ0v) is 17.5. The Balaban J connectivity index is 1.38. The molecule has 31 heavy (non-hydrogen) atoms. The highest BCUT2D eigenvalue weighted by Crippen LogP contribution is 2.31. The molecule has 0 atom stereocenters. The third-order valence-electron chi connectivity index (χ3n) is 5.40. The highest BCUT2D eigenvalue weighted by Gasteiger charge is 2.21. The molecule has 3 N–H and O–H groups in total. The number of hydrogen-bond acceptors (Lipinski definition) is 5. The largest absolute Gasteiger partial charge is 0.447 e. The molecule has 3 aromatic heterocycles. The zero-order valence-electron chi connectivity index (χ0n) is 17.5. The highest BCUT2D eigenvalue weighted by atomic mass is 16.6. The van der Waals surface area contributed by atoms with E-state index in [-0.39, 0.29) is 12.2 Å². The van der Waals surface area contributed by atoms with E-state index in [2.05, 4.69) is 43.7 Å². The first-order valence-electron chi connectivity index (χ1n) is 10.4. The van der Waals surface area contributed by atoms with Gasteiger partial charge in [0.05, 0.1) is 23.5 Å². The van der Waals surface area contributed by atoms with Gasteiger partial charge >= 0.3 is 6.09 Å². The van der Waals surface area contributed by atoms with E-state index < -0.39 is 0 Å². The van der Waals surface area contributed by atoms with Gasteiger partial charge in [0.15, 0.2) is 0 Å². The van der Waals surface area contributed by atoms with Crippen molar-refractivity contribution in [2.24, 2.45) is 0 Å². The molecule has 1 aliphatic rings. The maximum Gasteiger partial charge on any atom is 0.410 e. The molecular formula is C23H24N6O2. The molecular weight excluding hydrogens is 392 g/mol. The SMILES string of the molecule is CC(C)OC(=O)N1CC=C(c2cc3c(Nc4ccc5[nH]ncc5c4)ccnc3[nH]2)CC1. The first-order valence-corrected chi connectivity index (χ1v) is 10.4. The maximum absolute atomic E-state index is 12.1. The Kier molecular flexibility index (Phi) is 4.82. The molecule has 8 nitrogen and oxygen atoms in total. The number of nitrogens with zero attached hydrogens (tertiary/aromatic N) is 3. The van der Waals surface area contributed by atoms with Gasteiger partial charge in [-0.25, -0.2) is 9.78 Å². The number of nitrogens with one attached hydrogen (secondary N) is 3. The molecule has 5 rings (SSSR count). The van der Waals surface area contributed by atoms with E-state index in [0.717, 1.165) is 45.4 Å². The Morgan fingerprint density at radius 1 is 1.26 bits per heavy atom. The number of benzene rings is 1. The molecule has 0 bridgehead atoms.